The van der Waals surface area contributed by atoms with Crippen molar-refractivity contribution in [3.63, 3.8) is 0 Å². The number of nitrogens with one attached hydrogen (secondary N) is 1. The van der Waals surface area contributed by atoms with Crippen LogP contribution in [0.4, 0.5) is 5.69 Å². The number of anilines is 1. The average molecular weight is 361 g/mol. The SMILES string of the molecule is CN(C)CCNC(=O)c1ccc(N(C)S(=O)(=O)c2ccccc2)cc1. The Labute approximate surface area is 149 Å². The zero-order valence-electron chi connectivity index (χ0n) is 14.6. The molecule has 0 heterocycles. The van der Waals surface area contributed by atoms with Crippen LogP contribution in [-0.4, -0.2) is 53.5 Å². The molecule has 7 heteroatoms. The van der Waals surface area contributed by atoms with Gasteiger partial charge in [0.05, 0.1) is 10.6 Å². The second kappa shape index (κ2) is 8.13. The number of nitrogens with zero attached hydrogens (tertiary/aromatic N) is 2. The van der Waals surface area contributed by atoms with Crippen molar-refractivity contribution in [3.8, 4) is 0 Å². The number of benzene rings is 2. The highest BCUT2D eigenvalue weighted by atomic mass is 32.2. The van der Waals surface area contributed by atoms with Crippen LogP contribution in [0.25, 0.3) is 0 Å². The van der Waals surface area contributed by atoms with Gasteiger partial charge in [0.1, 0.15) is 0 Å². The lowest BCUT2D eigenvalue weighted by Crippen LogP contribution is -2.31. The van der Waals surface area contributed by atoms with Crippen molar-refractivity contribution >= 4 is 21.6 Å². The molecule has 0 aliphatic heterocycles. The van der Waals surface area contributed by atoms with Gasteiger partial charge in [0, 0.05) is 25.7 Å². The Balaban J connectivity index is 2.10. The van der Waals surface area contributed by atoms with E-state index in [2.05, 4.69) is 5.32 Å². The minimum atomic E-state index is -3.62. The molecule has 0 spiro atoms. The van der Waals surface area contributed by atoms with Crippen molar-refractivity contribution in [3.05, 3.63) is 60.2 Å². The highest BCUT2D eigenvalue weighted by molar-refractivity contribution is 7.92. The Kier molecular flexibility index (Phi) is 6.17. The first-order valence-corrected chi connectivity index (χ1v) is 9.33. The molecular weight excluding hydrogens is 338 g/mol. The van der Waals surface area contributed by atoms with Gasteiger partial charge in [-0.15, -0.1) is 0 Å². The van der Waals surface area contributed by atoms with E-state index in [4.69, 9.17) is 0 Å². The van der Waals surface area contributed by atoms with E-state index in [0.29, 0.717) is 17.8 Å². The van der Waals surface area contributed by atoms with E-state index >= 15 is 0 Å². The molecule has 0 radical (unpaired) electrons. The van der Waals surface area contributed by atoms with E-state index in [-0.39, 0.29) is 10.8 Å². The third-order valence-electron chi connectivity index (χ3n) is 3.74. The normalized spacial score (nSPS) is 11.4. The van der Waals surface area contributed by atoms with Gasteiger partial charge in [-0.2, -0.15) is 0 Å². The number of sulfonamides is 1. The van der Waals surface area contributed by atoms with E-state index in [1.807, 2.05) is 19.0 Å². The zero-order chi connectivity index (χ0) is 18.4. The molecule has 134 valence electrons. The quantitative estimate of drug-likeness (QED) is 0.816. The molecule has 0 atom stereocenters. The maximum atomic E-state index is 12.6. The van der Waals surface area contributed by atoms with Crippen molar-refractivity contribution in [1.82, 2.24) is 10.2 Å². The van der Waals surface area contributed by atoms with Crippen LogP contribution in [0.5, 0.6) is 0 Å². The predicted molar refractivity (Wildman–Crippen MR) is 99.4 cm³/mol. The summed E-state index contributed by atoms with van der Waals surface area (Å²) in [5.74, 6) is -0.179. The van der Waals surface area contributed by atoms with Gasteiger partial charge >= 0.3 is 0 Å². The maximum Gasteiger partial charge on any atom is 0.264 e. The summed E-state index contributed by atoms with van der Waals surface area (Å²) in [4.78, 5) is 14.3. The van der Waals surface area contributed by atoms with Crippen LogP contribution in [-0.2, 0) is 10.0 Å². The fraction of sp³-hybridized carbons (Fsp3) is 0.278. The van der Waals surface area contributed by atoms with Crippen LogP contribution in [0.15, 0.2) is 59.5 Å². The maximum absolute atomic E-state index is 12.6. The Morgan fingerprint density at radius 2 is 1.56 bits per heavy atom. The molecule has 0 unspecified atom stereocenters. The minimum absolute atomic E-state index is 0.179. The van der Waals surface area contributed by atoms with E-state index < -0.39 is 10.0 Å². The van der Waals surface area contributed by atoms with E-state index in [1.165, 1.54) is 11.4 Å². The second-order valence-electron chi connectivity index (χ2n) is 5.89. The van der Waals surface area contributed by atoms with Gasteiger partial charge in [-0.25, -0.2) is 8.42 Å². The van der Waals surface area contributed by atoms with E-state index in [1.54, 1.807) is 54.6 Å². The first kappa shape index (κ1) is 19.0. The Morgan fingerprint density at radius 3 is 2.12 bits per heavy atom. The number of rotatable bonds is 7. The highest BCUT2D eigenvalue weighted by Gasteiger charge is 2.21. The van der Waals surface area contributed by atoms with Crippen LogP contribution < -0.4 is 9.62 Å². The molecule has 1 amide bonds. The van der Waals surface area contributed by atoms with E-state index in [0.717, 1.165) is 6.54 Å². The van der Waals surface area contributed by atoms with Gasteiger partial charge in [0.2, 0.25) is 0 Å². The smallest absolute Gasteiger partial charge is 0.264 e. The van der Waals surface area contributed by atoms with Crippen molar-refractivity contribution in [2.75, 3.05) is 38.5 Å². The fourth-order valence-electron chi connectivity index (χ4n) is 2.21. The first-order valence-electron chi connectivity index (χ1n) is 7.89. The van der Waals surface area contributed by atoms with Gasteiger partial charge in [-0.05, 0) is 50.5 Å². The summed E-state index contributed by atoms with van der Waals surface area (Å²) in [7, 11) is 1.74. The summed E-state index contributed by atoms with van der Waals surface area (Å²) >= 11 is 0. The topological polar surface area (TPSA) is 69.7 Å². The van der Waals surface area contributed by atoms with Crippen molar-refractivity contribution in [2.45, 2.75) is 4.90 Å². The van der Waals surface area contributed by atoms with Crippen molar-refractivity contribution < 1.29 is 13.2 Å². The molecule has 2 rings (SSSR count). The first-order chi connectivity index (χ1) is 11.8. The summed E-state index contributed by atoms with van der Waals surface area (Å²) in [6.07, 6.45) is 0. The molecule has 2 aromatic carbocycles. The Hall–Kier alpha value is -2.38. The van der Waals surface area contributed by atoms with Crippen LogP contribution in [0.3, 0.4) is 0 Å². The molecule has 0 aliphatic rings. The molecule has 2 aromatic rings. The summed E-state index contributed by atoms with van der Waals surface area (Å²) < 4.78 is 26.4. The number of carbonyl (C=O) groups excluding carboxylic acids is 1. The predicted octanol–water partition coefficient (Wildman–Crippen LogP) is 1.80. The van der Waals surface area contributed by atoms with Crippen LogP contribution in [0.2, 0.25) is 0 Å². The molecule has 0 bridgehead atoms. The summed E-state index contributed by atoms with van der Waals surface area (Å²) in [6, 6.07) is 14.7. The lowest BCUT2D eigenvalue weighted by Gasteiger charge is -2.19. The molecule has 6 nitrogen and oxygen atoms in total. The summed E-state index contributed by atoms with van der Waals surface area (Å²) in [6.45, 7) is 1.30. The van der Waals surface area contributed by atoms with Gasteiger partial charge < -0.3 is 10.2 Å². The Morgan fingerprint density at radius 1 is 0.960 bits per heavy atom. The number of hydrogen-bond donors (Lipinski definition) is 1. The Bertz CT molecular complexity index is 803. The number of likely N-dealkylation sites (N-methyl/N-ethyl adjacent to an activating group) is 1. The molecular formula is C18H23N3O3S. The van der Waals surface area contributed by atoms with Gasteiger partial charge in [-0.3, -0.25) is 9.10 Å². The lowest BCUT2D eigenvalue weighted by atomic mass is 10.2. The monoisotopic (exact) mass is 361 g/mol. The van der Waals surface area contributed by atoms with Crippen molar-refractivity contribution in [2.24, 2.45) is 0 Å². The minimum Gasteiger partial charge on any atom is -0.351 e. The zero-order valence-corrected chi connectivity index (χ0v) is 15.5. The molecule has 0 saturated carbocycles. The lowest BCUT2D eigenvalue weighted by molar-refractivity contribution is 0.0951. The number of hydrogen-bond acceptors (Lipinski definition) is 4. The standard InChI is InChI=1S/C18H23N3O3S/c1-20(2)14-13-19-18(22)15-9-11-16(12-10-15)21(3)25(23,24)17-7-5-4-6-8-17/h4-12H,13-14H2,1-3H3,(H,19,22). The summed E-state index contributed by atoms with van der Waals surface area (Å²) in [5, 5.41) is 2.82. The van der Waals surface area contributed by atoms with Crippen molar-refractivity contribution in [1.29, 1.82) is 0 Å². The second-order valence-corrected chi connectivity index (χ2v) is 7.86. The molecule has 0 saturated heterocycles. The fourth-order valence-corrected chi connectivity index (χ4v) is 3.42. The largest absolute Gasteiger partial charge is 0.351 e. The molecule has 0 aromatic heterocycles. The average Bonchev–Trinajstić information content (AvgIpc) is 2.61. The van der Waals surface area contributed by atoms with E-state index in [9.17, 15) is 13.2 Å². The molecule has 1 N–H and O–H groups in total. The summed E-state index contributed by atoms with van der Waals surface area (Å²) in [5.41, 5.74) is 0.988. The number of carbonyl (C=O) groups is 1. The molecule has 25 heavy (non-hydrogen) atoms. The third kappa shape index (κ3) is 4.80. The highest BCUT2D eigenvalue weighted by Crippen LogP contribution is 2.22. The molecule has 0 aliphatic carbocycles. The van der Waals surface area contributed by atoms with Gasteiger partial charge in [0.15, 0.2) is 0 Å². The van der Waals surface area contributed by atoms with Gasteiger partial charge in [0.25, 0.3) is 15.9 Å². The van der Waals surface area contributed by atoms with Crippen LogP contribution in [0.1, 0.15) is 10.4 Å². The number of amides is 1. The van der Waals surface area contributed by atoms with Gasteiger partial charge in [-0.1, -0.05) is 18.2 Å². The third-order valence-corrected chi connectivity index (χ3v) is 5.54. The van der Waals surface area contributed by atoms with Crippen LogP contribution >= 0.6 is 0 Å². The van der Waals surface area contributed by atoms with Crippen LogP contribution in [0, 0.1) is 0 Å². The molecule has 0 fully saturated rings.